The SMILES string of the molecule is COc1ccc([N+](=O)[O-])cc1N(CC(=O)N(Cc1ccccc1Cl)[C@@H](Cc1ccccc1)C(=O)NC(C)C)S(C)(=O)=O. The van der Waals surface area contributed by atoms with Crippen molar-refractivity contribution in [2.24, 2.45) is 0 Å². The van der Waals surface area contributed by atoms with Crippen molar-refractivity contribution in [3.63, 3.8) is 0 Å². The average Bonchev–Trinajstić information content (AvgIpc) is 2.93. The molecule has 224 valence electrons. The van der Waals surface area contributed by atoms with Crippen molar-refractivity contribution >= 4 is 44.8 Å². The van der Waals surface area contributed by atoms with E-state index in [2.05, 4.69) is 5.32 Å². The van der Waals surface area contributed by atoms with Crippen LogP contribution in [-0.2, 0) is 32.6 Å². The van der Waals surface area contributed by atoms with Gasteiger partial charge in [0.05, 0.1) is 18.3 Å². The second-order valence-electron chi connectivity index (χ2n) is 9.86. The van der Waals surface area contributed by atoms with Gasteiger partial charge in [0.25, 0.3) is 5.69 Å². The fraction of sp³-hybridized carbons (Fsp3) is 0.310. The summed E-state index contributed by atoms with van der Waals surface area (Å²) < 4.78 is 32.1. The summed E-state index contributed by atoms with van der Waals surface area (Å²) in [4.78, 5) is 39.8. The number of nitro groups is 1. The first-order chi connectivity index (χ1) is 19.8. The molecule has 0 aliphatic carbocycles. The predicted molar refractivity (Wildman–Crippen MR) is 161 cm³/mol. The number of nitrogens with one attached hydrogen (secondary N) is 1. The maximum atomic E-state index is 14.2. The number of amides is 2. The third-order valence-corrected chi connectivity index (χ3v) is 7.82. The number of ether oxygens (including phenoxy) is 1. The lowest BCUT2D eigenvalue weighted by Gasteiger charge is -2.34. The van der Waals surface area contributed by atoms with Crippen molar-refractivity contribution < 1.29 is 27.7 Å². The predicted octanol–water partition coefficient (Wildman–Crippen LogP) is 4.19. The highest BCUT2D eigenvalue weighted by Crippen LogP contribution is 2.34. The van der Waals surface area contributed by atoms with Crippen LogP contribution in [-0.4, -0.2) is 62.0 Å². The van der Waals surface area contributed by atoms with Crippen LogP contribution >= 0.6 is 11.6 Å². The third kappa shape index (κ3) is 8.43. The lowest BCUT2D eigenvalue weighted by molar-refractivity contribution is -0.384. The van der Waals surface area contributed by atoms with Gasteiger partial charge in [-0.3, -0.25) is 24.0 Å². The highest BCUT2D eigenvalue weighted by molar-refractivity contribution is 7.92. The number of halogens is 1. The fourth-order valence-corrected chi connectivity index (χ4v) is 5.37. The number of nitrogens with zero attached hydrogens (tertiary/aromatic N) is 3. The molecule has 0 unspecified atom stereocenters. The molecule has 3 rings (SSSR count). The number of nitro benzene ring substituents is 1. The van der Waals surface area contributed by atoms with Gasteiger partial charge in [-0.25, -0.2) is 8.42 Å². The molecule has 0 bridgehead atoms. The molecule has 0 radical (unpaired) electrons. The number of carbonyl (C=O) groups excluding carboxylic acids is 2. The van der Waals surface area contributed by atoms with E-state index in [0.29, 0.717) is 10.6 Å². The maximum Gasteiger partial charge on any atom is 0.271 e. The van der Waals surface area contributed by atoms with Gasteiger partial charge >= 0.3 is 0 Å². The Morgan fingerprint density at radius 1 is 1.05 bits per heavy atom. The lowest BCUT2D eigenvalue weighted by Crippen LogP contribution is -2.54. The van der Waals surface area contributed by atoms with Crippen LogP contribution in [0.15, 0.2) is 72.8 Å². The first kappa shape index (κ1) is 32.4. The minimum absolute atomic E-state index is 0.00913. The molecule has 13 heteroatoms. The van der Waals surface area contributed by atoms with E-state index in [4.69, 9.17) is 16.3 Å². The monoisotopic (exact) mass is 616 g/mol. The summed E-state index contributed by atoms with van der Waals surface area (Å²) in [6, 6.07) is 18.1. The van der Waals surface area contributed by atoms with Crippen LogP contribution in [0.3, 0.4) is 0 Å². The summed E-state index contributed by atoms with van der Waals surface area (Å²) in [6.07, 6.45) is 1.01. The Morgan fingerprint density at radius 2 is 1.69 bits per heavy atom. The Morgan fingerprint density at radius 3 is 2.26 bits per heavy atom. The first-order valence-corrected chi connectivity index (χ1v) is 15.2. The van der Waals surface area contributed by atoms with Crippen LogP contribution in [0.4, 0.5) is 11.4 Å². The summed E-state index contributed by atoms with van der Waals surface area (Å²) in [5, 5.41) is 14.7. The molecule has 0 heterocycles. The lowest BCUT2D eigenvalue weighted by atomic mass is 10.0. The smallest absolute Gasteiger partial charge is 0.271 e. The highest BCUT2D eigenvalue weighted by atomic mass is 35.5. The minimum Gasteiger partial charge on any atom is -0.495 e. The number of benzene rings is 3. The van der Waals surface area contributed by atoms with Crippen molar-refractivity contribution in [1.82, 2.24) is 10.2 Å². The molecule has 1 N–H and O–H groups in total. The number of non-ortho nitro benzene ring substituents is 1. The van der Waals surface area contributed by atoms with Crippen molar-refractivity contribution in [3.05, 3.63) is 99.1 Å². The van der Waals surface area contributed by atoms with E-state index in [0.717, 1.165) is 22.2 Å². The number of sulfonamides is 1. The molecule has 0 aromatic heterocycles. The molecule has 0 aliphatic rings. The quantitative estimate of drug-likeness (QED) is 0.224. The van der Waals surface area contributed by atoms with E-state index in [1.165, 1.54) is 24.1 Å². The maximum absolute atomic E-state index is 14.2. The number of methoxy groups -OCH3 is 1. The van der Waals surface area contributed by atoms with E-state index in [1.54, 1.807) is 38.1 Å². The van der Waals surface area contributed by atoms with Crippen molar-refractivity contribution in [1.29, 1.82) is 0 Å². The zero-order valence-electron chi connectivity index (χ0n) is 23.7. The zero-order valence-corrected chi connectivity index (χ0v) is 25.3. The fourth-order valence-electron chi connectivity index (χ4n) is 4.33. The summed E-state index contributed by atoms with van der Waals surface area (Å²) >= 11 is 6.44. The number of hydrogen-bond acceptors (Lipinski definition) is 7. The Balaban J connectivity index is 2.14. The second kappa shape index (κ2) is 14.1. The molecule has 3 aromatic rings. The minimum atomic E-state index is -4.17. The topological polar surface area (TPSA) is 139 Å². The van der Waals surface area contributed by atoms with Gasteiger partial charge in [0, 0.05) is 36.2 Å². The molecule has 0 saturated carbocycles. The van der Waals surface area contributed by atoms with E-state index in [-0.39, 0.29) is 30.4 Å². The van der Waals surface area contributed by atoms with Crippen LogP contribution in [0.25, 0.3) is 0 Å². The van der Waals surface area contributed by atoms with Crippen molar-refractivity contribution in [2.45, 2.75) is 38.9 Å². The summed E-state index contributed by atoms with van der Waals surface area (Å²) in [6.45, 7) is 2.71. The van der Waals surface area contributed by atoms with Gasteiger partial charge < -0.3 is 15.0 Å². The molecule has 2 amide bonds. The van der Waals surface area contributed by atoms with Gasteiger partial charge in [0.2, 0.25) is 21.8 Å². The van der Waals surface area contributed by atoms with Gasteiger partial charge in [-0.2, -0.15) is 0 Å². The Labute approximate surface area is 250 Å². The molecule has 0 saturated heterocycles. The Hall–Kier alpha value is -4.16. The van der Waals surface area contributed by atoms with Gasteiger partial charge in [0.1, 0.15) is 24.0 Å². The van der Waals surface area contributed by atoms with Gasteiger partial charge in [0.15, 0.2) is 0 Å². The van der Waals surface area contributed by atoms with E-state index >= 15 is 0 Å². The summed E-state index contributed by atoms with van der Waals surface area (Å²) in [5.41, 5.74) is 0.741. The van der Waals surface area contributed by atoms with Gasteiger partial charge in [-0.1, -0.05) is 60.1 Å². The number of carbonyl (C=O) groups is 2. The molecule has 3 aromatic carbocycles. The molecule has 0 aliphatic heterocycles. The van der Waals surface area contributed by atoms with Crippen LogP contribution in [0.1, 0.15) is 25.0 Å². The number of anilines is 1. The molecule has 11 nitrogen and oxygen atoms in total. The Kier molecular flexibility index (Phi) is 10.9. The van der Waals surface area contributed by atoms with E-state index in [9.17, 15) is 28.1 Å². The Bertz CT molecular complexity index is 1530. The van der Waals surface area contributed by atoms with Crippen molar-refractivity contribution in [3.8, 4) is 5.75 Å². The van der Waals surface area contributed by atoms with Crippen LogP contribution in [0, 0.1) is 10.1 Å². The summed E-state index contributed by atoms with van der Waals surface area (Å²) in [5.74, 6) is -1.16. The number of rotatable bonds is 13. The van der Waals surface area contributed by atoms with Crippen LogP contribution < -0.4 is 14.4 Å². The van der Waals surface area contributed by atoms with Crippen molar-refractivity contribution in [2.75, 3.05) is 24.2 Å². The van der Waals surface area contributed by atoms with E-state index < -0.39 is 45.0 Å². The zero-order chi connectivity index (χ0) is 31.0. The molecular formula is C29H33ClN4O7S. The first-order valence-electron chi connectivity index (χ1n) is 13.0. The van der Waals surface area contributed by atoms with Crippen LogP contribution in [0.5, 0.6) is 5.75 Å². The summed E-state index contributed by atoms with van der Waals surface area (Å²) in [7, 11) is -2.89. The third-order valence-electron chi connectivity index (χ3n) is 6.32. The molecule has 1 atom stereocenters. The van der Waals surface area contributed by atoms with Crippen LogP contribution in [0.2, 0.25) is 5.02 Å². The highest BCUT2D eigenvalue weighted by Gasteiger charge is 2.34. The molecule has 0 spiro atoms. The largest absolute Gasteiger partial charge is 0.495 e. The van der Waals surface area contributed by atoms with Gasteiger partial charge in [-0.15, -0.1) is 0 Å². The average molecular weight is 617 g/mol. The number of hydrogen-bond donors (Lipinski definition) is 1. The normalized spacial score (nSPS) is 12.0. The molecule has 42 heavy (non-hydrogen) atoms. The van der Waals surface area contributed by atoms with Gasteiger partial charge in [-0.05, 0) is 37.1 Å². The van der Waals surface area contributed by atoms with E-state index in [1.807, 2.05) is 30.3 Å². The molecular weight excluding hydrogens is 584 g/mol. The second-order valence-corrected chi connectivity index (χ2v) is 12.2. The molecule has 0 fully saturated rings. The standard InChI is InChI=1S/C29H33ClN4O7S/c1-20(2)31-29(36)26(16-21-10-6-5-7-11-21)32(18-22-12-8-9-13-24(22)30)28(35)19-33(42(4,39)40)25-17-23(34(37)38)14-15-27(25)41-3/h5-15,17,20,26H,16,18-19H2,1-4H3,(H,31,36)/t26-/m0/s1.